The molecular weight excluding hydrogens is 359 g/mol. The molecule has 1 aromatic carbocycles. The van der Waals surface area contributed by atoms with Crippen molar-refractivity contribution in [2.75, 3.05) is 18.4 Å². The number of nitrogens with two attached hydrogens (primary N) is 1. The molecule has 0 aromatic heterocycles. The standard InChI is InChI=1S/C15H22F3N3O3S/c16-15(17,18)11-20-25(23,24)13-8-6-12(7-9-13)21-14(22)5-3-1-2-4-10-19/h6-9,20H,1-5,10-11,19H2,(H,21,22). The zero-order chi connectivity index (χ0) is 18.9. The lowest BCUT2D eigenvalue weighted by molar-refractivity contribution is -0.121. The third-order valence-electron chi connectivity index (χ3n) is 3.27. The van der Waals surface area contributed by atoms with Gasteiger partial charge in [-0.25, -0.2) is 13.1 Å². The number of hydrogen-bond donors (Lipinski definition) is 3. The molecule has 0 aliphatic rings. The van der Waals surface area contributed by atoms with Gasteiger partial charge in [0.05, 0.1) is 4.90 Å². The first-order valence-electron chi connectivity index (χ1n) is 7.80. The second-order valence-electron chi connectivity index (χ2n) is 5.47. The maximum atomic E-state index is 12.1. The lowest BCUT2D eigenvalue weighted by atomic mass is 10.1. The lowest BCUT2D eigenvalue weighted by Crippen LogP contribution is -2.33. The number of hydrogen-bond acceptors (Lipinski definition) is 4. The minimum atomic E-state index is -4.63. The Morgan fingerprint density at radius 2 is 1.64 bits per heavy atom. The summed E-state index contributed by atoms with van der Waals surface area (Å²) in [6, 6.07) is 4.92. The lowest BCUT2D eigenvalue weighted by Gasteiger charge is -2.10. The van der Waals surface area contributed by atoms with Crippen molar-refractivity contribution >= 4 is 21.6 Å². The summed E-state index contributed by atoms with van der Waals surface area (Å²) < 4.78 is 61.2. The molecule has 0 heterocycles. The van der Waals surface area contributed by atoms with Crippen molar-refractivity contribution in [1.29, 1.82) is 0 Å². The van der Waals surface area contributed by atoms with Crippen LogP contribution in [0.25, 0.3) is 0 Å². The zero-order valence-corrected chi connectivity index (χ0v) is 14.4. The summed E-state index contributed by atoms with van der Waals surface area (Å²) in [6.45, 7) is -1.02. The van der Waals surface area contributed by atoms with Crippen LogP contribution in [0, 0.1) is 0 Å². The average molecular weight is 381 g/mol. The highest BCUT2D eigenvalue weighted by molar-refractivity contribution is 7.89. The van der Waals surface area contributed by atoms with Gasteiger partial charge in [-0.15, -0.1) is 0 Å². The van der Waals surface area contributed by atoms with Crippen molar-refractivity contribution in [2.24, 2.45) is 5.73 Å². The highest BCUT2D eigenvalue weighted by atomic mass is 32.2. The van der Waals surface area contributed by atoms with E-state index in [1.165, 1.54) is 16.9 Å². The number of rotatable bonds is 10. The molecule has 0 aliphatic carbocycles. The smallest absolute Gasteiger partial charge is 0.330 e. The third kappa shape index (κ3) is 8.84. The van der Waals surface area contributed by atoms with Gasteiger partial charge in [0.15, 0.2) is 0 Å². The molecule has 0 aliphatic heterocycles. The molecule has 1 aromatic rings. The van der Waals surface area contributed by atoms with Crippen LogP contribution in [0.5, 0.6) is 0 Å². The normalized spacial score (nSPS) is 12.2. The number of anilines is 1. The number of carbonyl (C=O) groups excluding carboxylic acids is 1. The van der Waals surface area contributed by atoms with E-state index in [1.54, 1.807) is 0 Å². The highest BCUT2D eigenvalue weighted by Gasteiger charge is 2.30. The summed E-state index contributed by atoms with van der Waals surface area (Å²) in [4.78, 5) is 11.4. The van der Waals surface area contributed by atoms with Crippen LogP contribution in [-0.4, -0.2) is 33.6 Å². The van der Waals surface area contributed by atoms with Gasteiger partial charge in [0.2, 0.25) is 15.9 Å². The summed E-state index contributed by atoms with van der Waals surface area (Å²) in [7, 11) is -4.25. The Kier molecular flexibility index (Phi) is 8.33. The van der Waals surface area contributed by atoms with Gasteiger partial charge in [0, 0.05) is 12.1 Å². The van der Waals surface area contributed by atoms with E-state index < -0.39 is 22.7 Å². The third-order valence-corrected chi connectivity index (χ3v) is 4.69. The Labute approximate surface area is 145 Å². The van der Waals surface area contributed by atoms with E-state index in [1.807, 2.05) is 0 Å². The van der Waals surface area contributed by atoms with E-state index in [9.17, 15) is 26.4 Å². The van der Waals surface area contributed by atoms with Crippen molar-refractivity contribution in [3.63, 3.8) is 0 Å². The minimum absolute atomic E-state index is 0.210. The number of alkyl halides is 3. The van der Waals surface area contributed by atoms with Crippen molar-refractivity contribution in [2.45, 2.75) is 43.2 Å². The van der Waals surface area contributed by atoms with Crippen molar-refractivity contribution in [3.05, 3.63) is 24.3 Å². The fourth-order valence-corrected chi connectivity index (χ4v) is 3.00. The van der Waals surface area contributed by atoms with Crippen LogP contribution in [0.2, 0.25) is 0 Å². The first-order valence-corrected chi connectivity index (χ1v) is 9.29. The van der Waals surface area contributed by atoms with Gasteiger partial charge >= 0.3 is 6.18 Å². The molecule has 0 atom stereocenters. The molecule has 6 nitrogen and oxygen atoms in total. The molecule has 1 rings (SSSR count). The molecule has 0 fully saturated rings. The van der Waals surface area contributed by atoms with E-state index in [4.69, 9.17) is 5.73 Å². The van der Waals surface area contributed by atoms with E-state index in [0.29, 0.717) is 18.7 Å². The number of halogens is 3. The van der Waals surface area contributed by atoms with Crippen LogP contribution < -0.4 is 15.8 Å². The van der Waals surface area contributed by atoms with Gasteiger partial charge in [0.25, 0.3) is 0 Å². The number of nitrogens with one attached hydrogen (secondary N) is 2. The predicted molar refractivity (Wildman–Crippen MR) is 88.5 cm³/mol. The molecule has 1 amide bonds. The van der Waals surface area contributed by atoms with Gasteiger partial charge < -0.3 is 11.1 Å². The SMILES string of the molecule is NCCCCCCC(=O)Nc1ccc(S(=O)(=O)NCC(F)(F)F)cc1. The van der Waals surface area contributed by atoms with Gasteiger partial charge in [-0.1, -0.05) is 12.8 Å². The summed E-state index contributed by atoms with van der Waals surface area (Å²) in [5.74, 6) is -0.210. The predicted octanol–water partition coefficient (Wildman–Crippen LogP) is 2.37. The van der Waals surface area contributed by atoms with E-state index in [0.717, 1.165) is 37.8 Å². The zero-order valence-electron chi connectivity index (χ0n) is 13.6. The van der Waals surface area contributed by atoms with Gasteiger partial charge in [-0.2, -0.15) is 13.2 Å². The summed E-state index contributed by atoms with van der Waals surface area (Å²) in [6.07, 6.45) is -0.809. The maximum absolute atomic E-state index is 12.1. The van der Waals surface area contributed by atoms with Crippen molar-refractivity contribution < 1.29 is 26.4 Å². The molecule has 0 bridgehead atoms. The topological polar surface area (TPSA) is 101 Å². The number of benzene rings is 1. The van der Waals surface area contributed by atoms with Crippen molar-refractivity contribution in [1.82, 2.24) is 4.72 Å². The summed E-state index contributed by atoms with van der Waals surface area (Å²) in [5, 5.41) is 2.61. The number of sulfonamides is 1. The Morgan fingerprint density at radius 1 is 1.04 bits per heavy atom. The molecule has 0 radical (unpaired) electrons. The van der Waals surface area contributed by atoms with Crippen LogP contribution in [0.3, 0.4) is 0 Å². The van der Waals surface area contributed by atoms with E-state index in [-0.39, 0.29) is 10.8 Å². The van der Waals surface area contributed by atoms with E-state index in [2.05, 4.69) is 5.32 Å². The number of carbonyl (C=O) groups is 1. The monoisotopic (exact) mass is 381 g/mol. The quantitative estimate of drug-likeness (QED) is 0.542. The second kappa shape index (κ2) is 9.73. The van der Waals surface area contributed by atoms with Crippen molar-refractivity contribution in [3.8, 4) is 0 Å². The van der Waals surface area contributed by atoms with Crippen LogP contribution in [-0.2, 0) is 14.8 Å². The number of amides is 1. The fourth-order valence-electron chi connectivity index (χ4n) is 1.98. The average Bonchev–Trinajstić information content (AvgIpc) is 2.53. The first-order chi connectivity index (χ1) is 11.6. The summed E-state index contributed by atoms with van der Waals surface area (Å²) in [5.41, 5.74) is 5.75. The molecule has 0 spiro atoms. The molecule has 0 saturated carbocycles. The Balaban J connectivity index is 2.51. The van der Waals surface area contributed by atoms with Gasteiger partial charge in [-0.05, 0) is 43.7 Å². The fraction of sp³-hybridized carbons (Fsp3) is 0.533. The largest absolute Gasteiger partial charge is 0.402 e. The Morgan fingerprint density at radius 3 is 2.20 bits per heavy atom. The maximum Gasteiger partial charge on any atom is 0.402 e. The second-order valence-corrected chi connectivity index (χ2v) is 7.23. The Hall–Kier alpha value is -1.65. The highest BCUT2D eigenvalue weighted by Crippen LogP contribution is 2.17. The van der Waals surface area contributed by atoms with Gasteiger partial charge in [0.1, 0.15) is 6.54 Å². The minimum Gasteiger partial charge on any atom is -0.330 e. The van der Waals surface area contributed by atoms with Crippen LogP contribution in [0.1, 0.15) is 32.1 Å². The molecule has 142 valence electrons. The molecule has 0 saturated heterocycles. The number of unbranched alkanes of at least 4 members (excludes halogenated alkanes) is 3. The summed E-state index contributed by atoms with van der Waals surface area (Å²) >= 11 is 0. The van der Waals surface area contributed by atoms with E-state index >= 15 is 0 Å². The Bertz CT molecular complexity index is 646. The molecule has 10 heteroatoms. The van der Waals surface area contributed by atoms with Crippen LogP contribution in [0.15, 0.2) is 29.2 Å². The van der Waals surface area contributed by atoms with Gasteiger partial charge in [-0.3, -0.25) is 4.79 Å². The molecule has 25 heavy (non-hydrogen) atoms. The first kappa shape index (κ1) is 21.4. The van der Waals surface area contributed by atoms with Crippen LogP contribution >= 0.6 is 0 Å². The van der Waals surface area contributed by atoms with Crippen LogP contribution in [0.4, 0.5) is 18.9 Å². The molecular formula is C15H22F3N3O3S. The molecule has 4 N–H and O–H groups in total. The molecule has 0 unspecified atom stereocenters.